The molecule has 0 aliphatic carbocycles. The molecule has 0 fully saturated rings. The number of ether oxygens (including phenoxy) is 1. The van der Waals surface area contributed by atoms with E-state index in [1.165, 1.54) is 6.07 Å². The van der Waals surface area contributed by atoms with Crippen molar-refractivity contribution in [1.29, 1.82) is 0 Å². The highest BCUT2D eigenvalue weighted by molar-refractivity contribution is 6.32. The summed E-state index contributed by atoms with van der Waals surface area (Å²) in [4.78, 5) is 31.9. The predicted octanol–water partition coefficient (Wildman–Crippen LogP) is 3.83. The first kappa shape index (κ1) is 22.6. The van der Waals surface area contributed by atoms with Gasteiger partial charge in [-0.3, -0.25) is 14.6 Å². The van der Waals surface area contributed by atoms with E-state index in [-0.39, 0.29) is 29.3 Å². The largest absolute Gasteiger partial charge is 0.467 e. The monoisotopic (exact) mass is 429 g/mol. The first-order chi connectivity index (χ1) is 13.6. The number of aryl methyl sites for hydroxylation is 1. The number of carbonyl (C=O) groups is 2. The summed E-state index contributed by atoms with van der Waals surface area (Å²) in [7, 11) is 0. The molecule has 0 spiro atoms. The van der Waals surface area contributed by atoms with Gasteiger partial charge in [-0.1, -0.05) is 18.5 Å². The standard InChI is InChI=1S/C19H19ClF3N3O3/c1-3-15(27)7-14-5-12(4-11(2)26-14)8-24-17(28)13-6-16(20)18(25-9-13)29-10-19(21,22)23/h4-6,9H,3,7-8,10H2,1-2H3,(H,24,28). The van der Waals surface area contributed by atoms with Crippen molar-refractivity contribution in [3.05, 3.63) is 51.9 Å². The fourth-order valence-electron chi connectivity index (χ4n) is 2.43. The van der Waals surface area contributed by atoms with Gasteiger partial charge in [0.15, 0.2) is 6.61 Å². The molecular formula is C19H19ClF3N3O3. The fourth-order valence-corrected chi connectivity index (χ4v) is 2.65. The second-order valence-electron chi connectivity index (χ2n) is 6.27. The number of amides is 1. The van der Waals surface area contributed by atoms with Gasteiger partial charge in [0.25, 0.3) is 5.91 Å². The quantitative estimate of drug-likeness (QED) is 0.689. The summed E-state index contributed by atoms with van der Waals surface area (Å²) in [6.45, 7) is 2.20. The van der Waals surface area contributed by atoms with Gasteiger partial charge >= 0.3 is 6.18 Å². The molecular weight excluding hydrogens is 411 g/mol. The van der Waals surface area contributed by atoms with Crippen LogP contribution < -0.4 is 10.1 Å². The first-order valence-corrected chi connectivity index (χ1v) is 9.06. The molecule has 29 heavy (non-hydrogen) atoms. The smallest absolute Gasteiger partial charge is 0.422 e. The van der Waals surface area contributed by atoms with Crippen molar-refractivity contribution in [2.24, 2.45) is 0 Å². The van der Waals surface area contributed by atoms with Crippen LogP contribution in [0.5, 0.6) is 5.88 Å². The number of ketones is 1. The third-order valence-corrected chi connectivity index (χ3v) is 4.00. The van der Waals surface area contributed by atoms with E-state index < -0.39 is 24.6 Å². The summed E-state index contributed by atoms with van der Waals surface area (Å²) < 4.78 is 41.1. The average molecular weight is 430 g/mol. The Balaban J connectivity index is 2.02. The summed E-state index contributed by atoms with van der Waals surface area (Å²) in [6, 6.07) is 4.69. The SMILES string of the molecule is CCC(=O)Cc1cc(CNC(=O)c2cnc(OCC(F)(F)F)c(Cl)c2)cc(C)n1. The van der Waals surface area contributed by atoms with Crippen molar-refractivity contribution in [2.75, 3.05) is 6.61 Å². The minimum absolute atomic E-state index is 0.0617. The van der Waals surface area contributed by atoms with Crippen LogP contribution in [0.25, 0.3) is 0 Å². The topological polar surface area (TPSA) is 81.2 Å². The van der Waals surface area contributed by atoms with Crippen LogP contribution in [0.4, 0.5) is 13.2 Å². The molecule has 6 nitrogen and oxygen atoms in total. The van der Waals surface area contributed by atoms with Gasteiger partial charge in [0.2, 0.25) is 5.88 Å². The lowest BCUT2D eigenvalue weighted by molar-refractivity contribution is -0.154. The van der Waals surface area contributed by atoms with Gasteiger partial charge in [0.05, 0.1) is 5.56 Å². The predicted molar refractivity (Wildman–Crippen MR) is 99.9 cm³/mol. The Labute approximate surface area is 170 Å². The minimum atomic E-state index is -4.52. The Morgan fingerprint density at radius 3 is 2.59 bits per heavy atom. The van der Waals surface area contributed by atoms with Gasteiger partial charge in [-0.15, -0.1) is 0 Å². The zero-order valence-corrected chi connectivity index (χ0v) is 16.5. The maximum Gasteiger partial charge on any atom is 0.422 e. The van der Waals surface area contributed by atoms with Crippen LogP contribution in [0, 0.1) is 6.92 Å². The van der Waals surface area contributed by atoms with Crippen molar-refractivity contribution < 1.29 is 27.5 Å². The van der Waals surface area contributed by atoms with Crippen molar-refractivity contribution in [3.8, 4) is 5.88 Å². The number of Topliss-reactive ketones (excluding diaryl/α,β-unsaturated/α-hetero) is 1. The molecule has 1 amide bonds. The lowest BCUT2D eigenvalue weighted by Crippen LogP contribution is -2.23. The van der Waals surface area contributed by atoms with Crippen molar-refractivity contribution in [3.63, 3.8) is 0 Å². The molecule has 2 aromatic rings. The molecule has 0 radical (unpaired) electrons. The molecule has 2 rings (SSSR count). The Morgan fingerprint density at radius 2 is 1.97 bits per heavy atom. The Bertz CT molecular complexity index is 904. The number of alkyl halides is 3. The molecule has 0 bridgehead atoms. The first-order valence-electron chi connectivity index (χ1n) is 8.69. The van der Waals surface area contributed by atoms with Crippen LogP contribution in [0.2, 0.25) is 5.02 Å². The average Bonchev–Trinajstić information content (AvgIpc) is 2.63. The molecule has 2 heterocycles. The molecule has 0 atom stereocenters. The molecule has 10 heteroatoms. The number of hydrogen-bond donors (Lipinski definition) is 1. The molecule has 0 aromatic carbocycles. The Hall–Kier alpha value is -2.68. The lowest BCUT2D eigenvalue weighted by Gasteiger charge is -2.11. The highest BCUT2D eigenvalue weighted by atomic mass is 35.5. The second kappa shape index (κ2) is 9.69. The molecule has 156 valence electrons. The molecule has 1 N–H and O–H groups in total. The molecule has 0 aliphatic rings. The fraction of sp³-hybridized carbons (Fsp3) is 0.368. The summed E-state index contributed by atoms with van der Waals surface area (Å²) >= 11 is 5.85. The number of halogens is 4. The van der Waals surface area contributed by atoms with E-state index >= 15 is 0 Å². The van der Waals surface area contributed by atoms with Gasteiger partial charge in [-0.25, -0.2) is 4.98 Å². The molecule has 0 saturated heterocycles. The van der Waals surface area contributed by atoms with Gasteiger partial charge < -0.3 is 10.1 Å². The van der Waals surface area contributed by atoms with Gasteiger partial charge in [-0.05, 0) is 30.7 Å². The van der Waals surface area contributed by atoms with E-state index in [9.17, 15) is 22.8 Å². The van der Waals surface area contributed by atoms with E-state index in [4.69, 9.17) is 11.6 Å². The number of nitrogens with one attached hydrogen (secondary N) is 1. The zero-order chi connectivity index (χ0) is 21.6. The minimum Gasteiger partial charge on any atom is -0.467 e. The van der Waals surface area contributed by atoms with E-state index in [0.717, 1.165) is 11.8 Å². The van der Waals surface area contributed by atoms with Gasteiger partial charge in [-0.2, -0.15) is 13.2 Å². The third kappa shape index (κ3) is 7.34. The molecule has 0 aliphatic heterocycles. The van der Waals surface area contributed by atoms with Crippen LogP contribution in [0.3, 0.4) is 0 Å². The van der Waals surface area contributed by atoms with E-state index in [2.05, 4.69) is 20.0 Å². The Morgan fingerprint density at radius 1 is 1.24 bits per heavy atom. The summed E-state index contributed by atoms with van der Waals surface area (Å²) in [6.07, 6.45) is -2.81. The van der Waals surface area contributed by atoms with E-state index in [0.29, 0.717) is 17.8 Å². The number of rotatable bonds is 8. The highest BCUT2D eigenvalue weighted by Gasteiger charge is 2.29. The maximum absolute atomic E-state index is 12.3. The van der Waals surface area contributed by atoms with Gasteiger partial charge in [0, 0.05) is 37.0 Å². The third-order valence-electron chi connectivity index (χ3n) is 3.73. The highest BCUT2D eigenvalue weighted by Crippen LogP contribution is 2.25. The van der Waals surface area contributed by atoms with Crippen molar-refractivity contribution in [2.45, 2.75) is 39.4 Å². The summed E-state index contributed by atoms with van der Waals surface area (Å²) in [5.74, 6) is -0.857. The maximum atomic E-state index is 12.3. The number of nitrogens with zero attached hydrogens (tertiary/aromatic N) is 2. The van der Waals surface area contributed by atoms with Crippen LogP contribution in [0.15, 0.2) is 24.4 Å². The van der Waals surface area contributed by atoms with E-state index in [1.54, 1.807) is 26.0 Å². The van der Waals surface area contributed by atoms with Crippen molar-refractivity contribution in [1.82, 2.24) is 15.3 Å². The van der Waals surface area contributed by atoms with Crippen LogP contribution in [0.1, 0.15) is 40.7 Å². The number of aromatic nitrogens is 2. The van der Waals surface area contributed by atoms with Crippen LogP contribution in [-0.4, -0.2) is 34.4 Å². The van der Waals surface area contributed by atoms with E-state index in [1.807, 2.05) is 0 Å². The second-order valence-corrected chi connectivity index (χ2v) is 6.68. The van der Waals surface area contributed by atoms with Crippen LogP contribution in [-0.2, 0) is 17.8 Å². The number of carbonyl (C=O) groups excluding carboxylic acids is 2. The van der Waals surface area contributed by atoms with Gasteiger partial charge in [0.1, 0.15) is 10.8 Å². The van der Waals surface area contributed by atoms with Crippen molar-refractivity contribution >= 4 is 23.3 Å². The summed E-state index contributed by atoms with van der Waals surface area (Å²) in [5, 5.41) is 2.46. The Kier molecular flexibility index (Phi) is 7.55. The normalized spacial score (nSPS) is 11.2. The lowest BCUT2D eigenvalue weighted by atomic mass is 10.1. The number of pyridine rings is 2. The molecule has 0 unspecified atom stereocenters. The molecule has 0 saturated carbocycles. The number of hydrogen-bond acceptors (Lipinski definition) is 5. The molecule has 2 aromatic heterocycles. The van der Waals surface area contributed by atoms with Crippen LogP contribution >= 0.6 is 11.6 Å². The summed E-state index contributed by atoms with van der Waals surface area (Å²) in [5.41, 5.74) is 2.17. The zero-order valence-electron chi connectivity index (χ0n) is 15.8.